The van der Waals surface area contributed by atoms with E-state index in [4.69, 9.17) is 5.84 Å². The lowest BCUT2D eigenvalue weighted by molar-refractivity contribution is -0.140. The summed E-state index contributed by atoms with van der Waals surface area (Å²) in [6.07, 6.45) is -4.73. The van der Waals surface area contributed by atoms with Crippen LogP contribution in [0.25, 0.3) is 0 Å². The first-order valence-corrected chi connectivity index (χ1v) is 6.18. The van der Waals surface area contributed by atoms with E-state index in [2.05, 4.69) is 5.43 Å². The topological polar surface area (TPSA) is 38.0 Å². The fourth-order valence-electron chi connectivity index (χ4n) is 1.77. The van der Waals surface area contributed by atoms with E-state index in [1.54, 1.807) is 17.5 Å². The quantitative estimate of drug-likeness (QED) is 0.516. The van der Waals surface area contributed by atoms with Gasteiger partial charge in [-0.2, -0.15) is 13.2 Å². The average molecular weight is 290 g/mol. The summed E-state index contributed by atoms with van der Waals surface area (Å²) in [7, 11) is 0. The maximum absolute atomic E-state index is 14.0. The van der Waals surface area contributed by atoms with Gasteiger partial charge in [-0.25, -0.2) is 9.82 Å². The summed E-state index contributed by atoms with van der Waals surface area (Å²) in [5.74, 6) is 4.03. The summed E-state index contributed by atoms with van der Waals surface area (Å²) in [5.41, 5.74) is 0.928. The molecule has 1 heterocycles. The molecule has 0 saturated heterocycles. The first kappa shape index (κ1) is 14.0. The molecule has 2 nitrogen and oxygen atoms in total. The molecule has 0 aliphatic carbocycles. The number of halogens is 4. The number of hydrogen-bond donors (Lipinski definition) is 2. The number of alkyl halides is 3. The molecule has 0 fully saturated rings. The van der Waals surface area contributed by atoms with E-state index in [1.807, 2.05) is 0 Å². The summed E-state index contributed by atoms with van der Waals surface area (Å²) in [4.78, 5) is 0.640. The van der Waals surface area contributed by atoms with Crippen molar-refractivity contribution in [3.05, 3.63) is 57.5 Å². The zero-order chi connectivity index (χ0) is 14.0. The molecule has 0 bridgehead atoms. The molecule has 1 aromatic carbocycles. The highest BCUT2D eigenvalue weighted by atomic mass is 32.1. The van der Waals surface area contributed by atoms with Crippen LogP contribution in [0, 0.1) is 5.82 Å². The van der Waals surface area contributed by atoms with E-state index >= 15 is 0 Å². The molecular formula is C12H10F4N2S. The Labute approximate surface area is 110 Å². The molecule has 1 unspecified atom stereocenters. The first-order valence-electron chi connectivity index (χ1n) is 5.30. The normalized spacial score (nSPS) is 13.5. The molecule has 1 aromatic heterocycles. The Morgan fingerprint density at radius 2 is 1.89 bits per heavy atom. The highest BCUT2D eigenvalue weighted by molar-refractivity contribution is 7.10. The third-order valence-corrected chi connectivity index (χ3v) is 3.58. The van der Waals surface area contributed by atoms with Crippen LogP contribution in [-0.2, 0) is 6.18 Å². The predicted octanol–water partition coefficient (Wildman–Crippen LogP) is 3.46. The van der Waals surface area contributed by atoms with Crippen LogP contribution in [0.15, 0.2) is 35.7 Å². The summed E-state index contributed by atoms with van der Waals surface area (Å²) in [6, 6.07) is 5.75. The molecule has 2 aromatic rings. The van der Waals surface area contributed by atoms with Gasteiger partial charge in [0, 0.05) is 10.4 Å². The van der Waals surface area contributed by atoms with Crippen molar-refractivity contribution in [1.29, 1.82) is 0 Å². The molecule has 0 radical (unpaired) electrons. The predicted molar refractivity (Wildman–Crippen MR) is 64.9 cm³/mol. The van der Waals surface area contributed by atoms with Gasteiger partial charge in [0.2, 0.25) is 0 Å². The first-order chi connectivity index (χ1) is 8.95. The minimum absolute atomic E-state index is 0.125. The Balaban J connectivity index is 2.51. The van der Waals surface area contributed by atoms with Crippen molar-refractivity contribution in [2.75, 3.05) is 0 Å². The second kappa shape index (κ2) is 5.28. The van der Waals surface area contributed by atoms with Crippen LogP contribution in [-0.4, -0.2) is 0 Å². The molecule has 3 N–H and O–H groups in total. The fraction of sp³-hybridized carbons (Fsp3) is 0.167. The second-order valence-corrected chi connectivity index (χ2v) is 4.80. The fourth-order valence-corrected chi connectivity index (χ4v) is 2.57. The number of nitrogens with two attached hydrogens (primary N) is 1. The molecule has 1 atom stereocenters. The van der Waals surface area contributed by atoms with E-state index in [0.29, 0.717) is 10.9 Å². The number of rotatable bonds is 3. The van der Waals surface area contributed by atoms with Gasteiger partial charge < -0.3 is 0 Å². The maximum atomic E-state index is 14.0. The lowest BCUT2D eigenvalue weighted by Crippen LogP contribution is -2.29. The van der Waals surface area contributed by atoms with Crippen LogP contribution < -0.4 is 11.3 Å². The standard InChI is InChI=1S/C12H10F4N2S/c13-10-7(3-1-4-8(10)12(14,15)16)11(18-17)9-5-2-6-19-9/h1-6,11,18H,17H2. The van der Waals surface area contributed by atoms with Crippen LogP contribution >= 0.6 is 11.3 Å². The molecule has 0 saturated carbocycles. The molecule has 0 aliphatic heterocycles. The second-order valence-electron chi connectivity index (χ2n) is 3.82. The van der Waals surface area contributed by atoms with Gasteiger partial charge in [0.25, 0.3) is 0 Å². The number of benzene rings is 1. The Morgan fingerprint density at radius 3 is 2.42 bits per heavy atom. The third kappa shape index (κ3) is 2.78. The SMILES string of the molecule is NNC(c1cccs1)c1cccc(C(F)(F)F)c1F. The van der Waals surface area contributed by atoms with Crippen LogP contribution in [0.5, 0.6) is 0 Å². The van der Waals surface area contributed by atoms with E-state index in [1.165, 1.54) is 23.5 Å². The number of hydrazine groups is 1. The third-order valence-electron chi connectivity index (χ3n) is 2.64. The minimum atomic E-state index is -4.73. The molecule has 19 heavy (non-hydrogen) atoms. The summed E-state index contributed by atoms with van der Waals surface area (Å²) < 4.78 is 51.9. The lowest BCUT2D eigenvalue weighted by atomic mass is 10.0. The van der Waals surface area contributed by atoms with Crippen molar-refractivity contribution in [2.24, 2.45) is 5.84 Å². The van der Waals surface area contributed by atoms with Gasteiger partial charge in [0.15, 0.2) is 0 Å². The van der Waals surface area contributed by atoms with Crippen LogP contribution in [0.1, 0.15) is 22.0 Å². The monoisotopic (exact) mass is 290 g/mol. The number of hydrogen-bond acceptors (Lipinski definition) is 3. The summed E-state index contributed by atoms with van der Waals surface area (Å²) in [6.45, 7) is 0. The van der Waals surface area contributed by atoms with Crippen LogP contribution in [0.4, 0.5) is 17.6 Å². The van der Waals surface area contributed by atoms with Crippen LogP contribution in [0.3, 0.4) is 0 Å². The van der Waals surface area contributed by atoms with E-state index < -0.39 is 23.6 Å². The molecule has 7 heteroatoms. The molecule has 0 amide bonds. The van der Waals surface area contributed by atoms with Gasteiger partial charge in [-0.05, 0) is 17.5 Å². The Bertz CT molecular complexity index is 551. The van der Waals surface area contributed by atoms with Gasteiger partial charge in [-0.3, -0.25) is 5.84 Å². The zero-order valence-corrected chi connectivity index (χ0v) is 10.4. The van der Waals surface area contributed by atoms with Crippen molar-refractivity contribution in [2.45, 2.75) is 12.2 Å². The Hall–Kier alpha value is -1.44. The van der Waals surface area contributed by atoms with E-state index in [0.717, 1.165) is 0 Å². The van der Waals surface area contributed by atoms with Crippen LogP contribution in [0.2, 0.25) is 0 Å². The highest BCUT2D eigenvalue weighted by Gasteiger charge is 2.35. The minimum Gasteiger partial charge on any atom is -0.271 e. The van der Waals surface area contributed by atoms with Crippen molar-refractivity contribution in [1.82, 2.24) is 5.43 Å². The average Bonchev–Trinajstić information content (AvgIpc) is 2.84. The molecule has 2 rings (SSSR count). The van der Waals surface area contributed by atoms with Gasteiger partial charge in [0.05, 0.1) is 11.6 Å². The Morgan fingerprint density at radius 1 is 1.16 bits per heavy atom. The van der Waals surface area contributed by atoms with E-state index in [9.17, 15) is 17.6 Å². The molecule has 102 valence electrons. The smallest absolute Gasteiger partial charge is 0.271 e. The maximum Gasteiger partial charge on any atom is 0.419 e. The van der Waals surface area contributed by atoms with Crippen molar-refractivity contribution in [3.8, 4) is 0 Å². The number of thiophene rings is 1. The van der Waals surface area contributed by atoms with Gasteiger partial charge in [-0.1, -0.05) is 18.2 Å². The van der Waals surface area contributed by atoms with Gasteiger partial charge >= 0.3 is 6.18 Å². The van der Waals surface area contributed by atoms with Crippen molar-refractivity contribution >= 4 is 11.3 Å². The van der Waals surface area contributed by atoms with Gasteiger partial charge in [-0.15, -0.1) is 11.3 Å². The van der Waals surface area contributed by atoms with Crippen molar-refractivity contribution < 1.29 is 17.6 Å². The molecular weight excluding hydrogens is 280 g/mol. The zero-order valence-electron chi connectivity index (χ0n) is 9.54. The molecule has 0 aliphatic rings. The van der Waals surface area contributed by atoms with E-state index in [-0.39, 0.29) is 5.56 Å². The summed E-state index contributed by atoms with van der Waals surface area (Å²) in [5, 5.41) is 1.74. The molecule has 0 spiro atoms. The number of nitrogens with one attached hydrogen (secondary N) is 1. The Kier molecular flexibility index (Phi) is 3.88. The highest BCUT2D eigenvalue weighted by Crippen LogP contribution is 2.35. The van der Waals surface area contributed by atoms with Crippen molar-refractivity contribution in [3.63, 3.8) is 0 Å². The summed E-state index contributed by atoms with van der Waals surface area (Å²) >= 11 is 1.28. The van der Waals surface area contributed by atoms with Gasteiger partial charge in [0.1, 0.15) is 5.82 Å². The largest absolute Gasteiger partial charge is 0.419 e. The lowest BCUT2D eigenvalue weighted by Gasteiger charge is -2.18.